The topological polar surface area (TPSA) is 74.3 Å². The SMILES string of the molecule is C/C=C\COc1ccc(N2CCn3c2nc2c3c(=O)n(C)c(=O)n2C)cc1. The second-order valence-corrected chi connectivity index (χ2v) is 6.47. The number of allylic oxidation sites excluding steroid dienone is 1. The van der Waals surface area contributed by atoms with Crippen LogP contribution in [0.5, 0.6) is 5.75 Å². The molecule has 0 amide bonds. The minimum Gasteiger partial charge on any atom is -0.490 e. The van der Waals surface area contributed by atoms with Crippen molar-refractivity contribution in [1.82, 2.24) is 18.7 Å². The molecule has 0 unspecified atom stereocenters. The summed E-state index contributed by atoms with van der Waals surface area (Å²) in [5.41, 5.74) is 1.14. The van der Waals surface area contributed by atoms with E-state index in [2.05, 4.69) is 4.98 Å². The van der Waals surface area contributed by atoms with E-state index in [1.807, 2.05) is 52.8 Å². The Morgan fingerprint density at radius 2 is 1.85 bits per heavy atom. The third kappa shape index (κ3) is 2.64. The molecule has 0 spiro atoms. The Morgan fingerprint density at radius 1 is 1.11 bits per heavy atom. The number of ether oxygens (including phenoxy) is 1. The zero-order valence-corrected chi connectivity index (χ0v) is 15.5. The molecule has 0 saturated heterocycles. The maximum atomic E-state index is 12.6. The monoisotopic (exact) mass is 367 g/mol. The van der Waals surface area contributed by atoms with E-state index in [1.54, 1.807) is 7.05 Å². The van der Waals surface area contributed by atoms with Crippen LogP contribution in [-0.4, -0.2) is 31.8 Å². The highest BCUT2D eigenvalue weighted by atomic mass is 16.5. The summed E-state index contributed by atoms with van der Waals surface area (Å²) in [4.78, 5) is 31.4. The maximum Gasteiger partial charge on any atom is 0.332 e. The van der Waals surface area contributed by atoms with E-state index < -0.39 is 0 Å². The van der Waals surface area contributed by atoms with Crippen molar-refractivity contribution in [1.29, 1.82) is 0 Å². The van der Waals surface area contributed by atoms with Gasteiger partial charge >= 0.3 is 5.69 Å². The summed E-state index contributed by atoms with van der Waals surface area (Å²) in [6.45, 7) is 3.84. The lowest BCUT2D eigenvalue weighted by Crippen LogP contribution is -2.37. The minimum atomic E-state index is -0.376. The number of hydrogen-bond donors (Lipinski definition) is 0. The molecule has 1 aromatic carbocycles. The summed E-state index contributed by atoms with van der Waals surface area (Å²) < 4.78 is 10.1. The van der Waals surface area contributed by atoms with Crippen molar-refractivity contribution in [3.8, 4) is 5.75 Å². The maximum absolute atomic E-state index is 12.6. The third-order valence-corrected chi connectivity index (χ3v) is 4.85. The molecule has 0 saturated carbocycles. The summed E-state index contributed by atoms with van der Waals surface area (Å²) in [5, 5.41) is 0. The van der Waals surface area contributed by atoms with Crippen molar-refractivity contribution in [3.05, 3.63) is 57.3 Å². The first kappa shape index (κ1) is 17.1. The molecule has 0 radical (unpaired) electrons. The second-order valence-electron chi connectivity index (χ2n) is 6.47. The van der Waals surface area contributed by atoms with E-state index in [1.165, 1.54) is 11.6 Å². The second kappa shape index (κ2) is 6.46. The van der Waals surface area contributed by atoms with E-state index in [9.17, 15) is 9.59 Å². The number of hydrogen-bond acceptors (Lipinski definition) is 5. The fourth-order valence-corrected chi connectivity index (χ4v) is 3.36. The number of anilines is 2. The number of rotatable bonds is 4. The van der Waals surface area contributed by atoms with Gasteiger partial charge in [0.05, 0.1) is 0 Å². The van der Waals surface area contributed by atoms with Crippen molar-refractivity contribution >= 4 is 22.8 Å². The number of benzene rings is 1. The Balaban J connectivity index is 1.74. The fourth-order valence-electron chi connectivity index (χ4n) is 3.36. The van der Waals surface area contributed by atoms with E-state index in [4.69, 9.17) is 4.74 Å². The van der Waals surface area contributed by atoms with Crippen LogP contribution < -0.4 is 20.9 Å². The first-order valence-corrected chi connectivity index (χ1v) is 8.80. The highest BCUT2D eigenvalue weighted by Gasteiger charge is 2.28. The molecule has 0 fully saturated rings. The molecule has 1 aliphatic rings. The van der Waals surface area contributed by atoms with E-state index in [0.717, 1.165) is 16.0 Å². The summed E-state index contributed by atoms with van der Waals surface area (Å²) in [6, 6.07) is 7.77. The van der Waals surface area contributed by atoms with Gasteiger partial charge in [0.1, 0.15) is 12.4 Å². The van der Waals surface area contributed by atoms with Crippen molar-refractivity contribution in [3.63, 3.8) is 0 Å². The van der Waals surface area contributed by atoms with Gasteiger partial charge in [-0.25, -0.2) is 4.79 Å². The van der Waals surface area contributed by atoms with Gasteiger partial charge in [-0.05, 0) is 31.2 Å². The highest BCUT2D eigenvalue weighted by Crippen LogP contribution is 2.32. The van der Waals surface area contributed by atoms with Gasteiger partial charge < -0.3 is 14.2 Å². The molecular weight excluding hydrogens is 346 g/mol. The highest BCUT2D eigenvalue weighted by molar-refractivity contribution is 5.77. The molecule has 3 aromatic rings. The average molecular weight is 367 g/mol. The van der Waals surface area contributed by atoms with Crippen LogP contribution >= 0.6 is 0 Å². The largest absolute Gasteiger partial charge is 0.490 e. The molecule has 2 aromatic heterocycles. The number of fused-ring (bicyclic) bond motifs is 3. The van der Waals surface area contributed by atoms with Crippen LogP contribution in [0.3, 0.4) is 0 Å². The molecule has 0 N–H and O–H groups in total. The van der Waals surface area contributed by atoms with Gasteiger partial charge in [0.25, 0.3) is 5.56 Å². The summed E-state index contributed by atoms with van der Waals surface area (Å²) in [5.74, 6) is 1.46. The number of imidazole rings is 1. The van der Waals surface area contributed by atoms with E-state index in [-0.39, 0.29) is 11.2 Å². The van der Waals surface area contributed by atoms with Gasteiger partial charge in [0.2, 0.25) is 5.95 Å². The Hall–Kier alpha value is -3.29. The van der Waals surface area contributed by atoms with Gasteiger partial charge in [0, 0.05) is 32.9 Å². The fraction of sp³-hybridized carbons (Fsp3) is 0.316. The zero-order chi connectivity index (χ0) is 19.1. The quantitative estimate of drug-likeness (QED) is 0.654. The molecule has 0 atom stereocenters. The zero-order valence-electron chi connectivity index (χ0n) is 15.5. The van der Waals surface area contributed by atoms with Crippen LogP contribution in [0.4, 0.5) is 11.6 Å². The van der Waals surface area contributed by atoms with Crippen LogP contribution in [0.1, 0.15) is 6.92 Å². The van der Waals surface area contributed by atoms with Crippen LogP contribution in [0.25, 0.3) is 11.2 Å². The normalized spacial score (nSPS) is 13.7. The molecule has 8 heteroatoms. The van der Waals surface area contributed by atoms with Gasteiger partial charge in [-0.1, -0.05) is 12.2 Å². The molecule has 8 nitrogen and oxygen atoms in total. The van der Waals surface area contributed by atoms with Gasteiger partial charge in [-0.3, -0.25) is 13.9 Å². The van der Waals surface area contributed by atoms with Crippen LogP contribution in [0.15, 0.2) is 46.0 Å². The van der Waals surface area contributed by atoms with Crippen LogP contribution in [-0.2, 0) is 20.6 Å². The molecule has 4 rings (SSSR count). The Kier molecular flexibility index (Phi) is 4.10. The van der Waals surface area contributed by atoms with Gasteiger partial charge in [-0.15, -0.1) is 0 Å². The van der Waals surface area contributed by atoms with Crippen molar-refractivity contribution < 1.29 is 4.74 Å². The molecule has 0 aliphatic carbocycles. The lowest BCUT2D eigenvalue weighted by molar-refractivity contribution is 0.363. The van der Waals surface area contributed by atoms with Crippen molar-refractivity contribution in [2.24, 2.45) is 14.1 Å². The van der Waals surface area contributed by atoms with Gasteiger partial charge in [-0.2, -0.15) is 4.98 Å². The van der Waals surface area contributed by atoms with Crippen LogP contribution in [0.2, 0.25) is 0 Å². The predicted octanol–water partition coefficient (Wildman–Crippen LogP) is 1.54. The summed E-state index contributed by atoms with van der Waals surface area (Å²) in [7, 11) is 3.12. The molecule has 0 bridgehead atoms. The van der Waals surface area contributed by atoms with Crippen molar-refractivity contribution in [2.75, 3.05) is 18.1 Å². The smallest absolute Gasteiger partial charge is 0.332 e. The number of aromatic nitrogens is 4. The molecular formula is C19H21N5O3. The lowest BCUT2D eigenvalue weighted by Gasteiger charge is -2.16. The minimum absolute atomic E-state index is 0.318. The standard InChI is InChI=1S/C19H21N5O3/c1-4-5-12-27-14-8-6-13(7-9-14)23-10-11-24-15-16(20-18(23)24)21(2)19(26)22(3)17(15)25/h4-9H,10-12H2,1-3H3/b5-4-. The molecule has 3 heterocycles. The number of aryl methyl sites for hydroxylation is 1. The summed E-state index contributed by atoms with van der Waals surface area (Å²) in [6.07, 6.45) is 3.89. The molecule has 27 heavy (non-hydrogen) atoms. The average Bonchev–Trinajstić information content (AvgIpc) is 3.25. The van der Waals surface area contributed by atoms with Gasteiger partial charge in [0.15, 0.2) is 11.2 Å². The Morgan fingerprint density at radius 3 is 2.56 bits per heavy atom. The Bertz CT molecular complexity index is 1150. The third-order valence-electron chi connectivity index (χ3n) is 4.85. The van der Waals surface area contributed by atoms with E-state index in [0.29, 0.717) is 36.8 Å². The van der Waals surface area contributed by atoms with Crippen molar-refractivity contribution in [2.45, 2.75) is 13.5 Å². The molecule has 1 aliphatic heterocycles. The van der Waals surface area contributed by atoms with E-state index >= 15 is 0 Å². The first-order valence-electron chi connectivity index (χ1n) is 8.80. The van der Waals surface area contributed by atoms with Crippen LogP contribution in [0, 0.1) is 0 Å². The predicted molar refractivity (Wildman–Crippen MR) is 104 cm³/mol. The lowest BCUT2D eigenvalue weighted by atomic mass is 10.3. The number of nitrogens with zero attached hydrogens (tertiary/aromatic N) is 5. The summed E-state index contributed by atoms with van der Waals surface area (Å²) >= 11 is 0. The first-order chi connectivity index (χ1) is 13.0. The Labute approximate surface area is 155 Å². The molecule has 140 valence electrons.